The number of aryl methyl sites for hydroxylation is 1. The van der Waals surface area contributed by atoms with E-state index in [1.54, 1.807) is 12.1 Å². The van der Waals surface area contributed by atoms with Crippen LogP contribution in [0.5, 0.6) is 0 Å². The molecule has 0 saturated carbocycles. The number of unbranched alkanes of at least 4 members (excludes halogenated alkanes) is 1. The molecule has 2 N–H and O–H groups in total. The van der Waals surface area contributed by atoms with Crippen LogP contribution in [0.4, 0.5) is 5.82 Å². The first kappa shape index (κ1) is 13.5. The lowest BCUT2D eigenvalue weighted by molar-refractivity contribution is 0.0762. The zero-order valence-corrected chi connectivity index (χ0v) is 10.9. The number of carbonyl (C=O) groups excluding carboxylic acids is 1. The van der Waals surface area contributed by atoms with E-state index in [0.717, 1.165) is 31.6 Å². The normalized spacial score (nSPS) is 10.3. The minimum atomic E-state index is 0.0400. The molecule has 1 amide bonds. The summed E-state index contributed by atoms with van der Waals surface area (Å²) in [4.78, 5) is 18.1. The molecule has 1 heterocycles. The predicted molar refractivity (Wildman–Crippen MR) is 69.9 cm³/mol. The number of hydrogen-bond acceptors (Lipinski definition) is 3. The van der Waals surface area contributed by atoms with Gasteiger partial charge in [0.25, 0.3) is 5.91 Å². The summed E-state index contributed by atoms with van der Waals surface area (Å²) in [5.41, 5.74) is 7.07. The van der Waals surface area contributed by atoms with Crippen LogP contribution in [0.25, 0.3) is 0 Å². The summed E-state index contributed by atoms with van der Waals surface area (Å²) in [5.74, 6) is 0.443. The number of aromatic nitrogens is 1. The van der Waals surface area contributed by atoms with Crippen LogP contribution in [0.1, 0.15) is 42.7 Å². The lowest BCUT2D eigenvalue weighted by Crippen LogP contribution is -2.31. The highest BCUT2D eigenvalue weighted by atomic mass is 16.2. The number of anilines is 1. The van der Waals surface area contributed by atoms with Crippen LogP contribution in [-0.4, -0.2) is 28.9 Å². The highest BCUT2D eigenvalue weighted by Gasteiger charge is 2.14. The summed E-state index contributed by atoms with van der Waals surface area (Å²) in [5, 5.41) is 0. The highest BCUT2D eigenvalue weighted by molar-refractivity contribution is 5.94. The topological polar surface area (TPSA) is 59.2 Å². The Morgan fingerprint density at radius 2 is 2.12 bits per heavy atom. The van der Waals surface area contributed by atoms with Crippen molar-refractivity contribution in [1.82, 2.24) is 9.88 Å². The van der Waals surface area contributed by atoms with Crippen molar-refractivity contribution in [2.75, 3.05) is 18.8 Å². The number of amides is 1. The second kappa shape index (κ2) is 6.23. The Morgan fingerprint density at radius 3 is 2.65 bits per heavy atom. The second-order valence-corrected chi connectivity index (χ2v) is 4.16. The lowest BCUT2D eigenvalue weighted by atomic mass is 10.2. The molecule has 0 aliphatic carbocycles. The first-order valence-corrected chi connectivity index (χ1v) is 6.11. The van der Waals surface area contributed by atoms with Gasteiger partial charge >= 0.3 is 0 Å². The summed E-state index contributed by atoms with van der Waals surface area (Å²) in [7, 11) is 0. The average molecular weight is 235 g/mol. The number of nitrogens with two attached hydrogens (primary N) is 1. The van der Waals surface area contributed by atoms with Gasteiger partial charge in [0.1, 0.15) is 5.82 Å². The molecule has 0 aliphatic heterocycles. The van der Waals surface area contributed by atoms with E-state index in [1.165, 1.54) is 0 Å². The van der Waals surface area contributed by atoms with Crippen LogP contribution < -0.4 is 5.73 Å². The molecule has 0 saturated heterocycles. The minimum absolute atomic E-state index is 0.0400. The first-order valence-electron chi connectivity index (χ1n) is 6.11. The number of nitrogen functional groups attached to an aromatic ring is 1. The van der Waals surface area contributed by atoms with Crippen LogP contribution >= 0.6 is 0 Å². The van der Waals surface area contributed by atoms with Crippen LogP contribution in [0.3, 0.4) is 0 Å². The molecule has 0 unspecified atom stereocenters. The lowest BCUT2D eigenvalue weighted by Gasteiger charge is -2.20. The molecule has 0 radical (unpaired) electrons. The predicted octanol–water partition coefficient (Wildman–Crippen LogP) is 2.23. The van der Waals surface area contributed by atoms with E-state index in [4.69, 9.17) is 5.73 Å². The van der Waals surface area contributed by atoms with E-state index in [-0.39, 0.29) is 5.91 Å². The minimum Gasteiger partial charge on any atom is -0.384 e. The van der Waals surface area contributed by atoms with Gasteiger partial charge in [0.2, 0.25) is 0 Å². The Kier molecular flexibility index (Phi) is 4.94. The maximum Gasteiger partial charge on any atom is 0.254 e. The van der Waals surface area contributed by atoms with Crippen LogP contribution in [-0.2, 0) is 0 Å². The first-order chi connectivity index (χ1) is 8.08. The van der Waals surface area contributed by atoms with E-state index < -0.39 is 0 Å². The molecule has 1 rings (SSSR count). The molecule has 0 atom stereocenters. The molecule has 4 nitrogen and oxygen atoms in total. The van der Waals surface area contributed by atoms with E-state index >= 15 is 0 Å². The van der Waals surface area contributed by atoms with E-state index in [9.17, 15) is 4.79 Å². The smallest absolute Gasteiger partial charge is 0.254 e. The SMILES string of the molecule is CCCCN(CC)C(=O)c1cc(C)nc(N)c1. The molecule has 94 valence electrons. The molecular weight excluding hydrogens is 214 g/mol. The largest absolute Gasteiger partial charge is 0.384 e. The fourth-order valence-corrected chi connectivity index (χ4v) is 1.75. The standard InChI is InChI=1S/C13H21N3O/c1-4-6-7-16(5-2)13(17)11-8-10(3)15-12(14)9-11/h8-9H,4-7H2,1-3H3,(H2,14,15). The quantitative estimate of drug-likeness (QED) is 0.851. The number of carbonyl (C=O) groups is 1. The Hall–Kier alpha value is -1.58. The van der Waals surface area contributed by atoms with Gasteiger partial charge in [-0.2, -0.15) is 0 Å². The van der Waals surface area contributed by atoms with Crippen molar-refractivity contribution in [2.24, 2.45) is 0 Å². The number of rotatable bonds is 5. The third kappa shape index (κ3) is 3.73. The summed E-state index contributed by atoms with van der Waals surface area (Å²) < 4.78 is 0. The van der Waals surface area contributed by atoms with Gasteiger partial charge < -0.3 is 10.6 Å². The van der Waals surface area contributed by atoms with Crippen molar-refractivity contribution >= 4 is 11.7 Å². The van der Waals surface area contributed by atoms with E-state index in [0.29, 0.717) is 11.4 Å². The Morgan fingerprint density at radius 1 is 1.41 bits per heavy atom. The van der Waals surface area contributed by atoms with Crippen LogP contribution in [0.15, 0.2) is 12.1 Å². The third-order valence-corrected chi connectivity index (χ3v) is 2.67. The summed E-state index contributed by atoms with van der Waals surface area (Å²) in [6.45, 7) is 7.47. The summed E-state index contributed by atoms with van der Waals surface area (Å²) in [6, 6.07) is 3.43. The average Bonchev–Trinajstić information content (AvgIpc) is 2.28. The summed E-state index contributed by atoms with van der Waals surface area (Å²) in [6.07, 6.45) is 2.11. The van der Waals surface area contributed by atoms with Crippen molar-refractivity contribution in [3.05, 3.63) is 23.4 Å². The molecule has 1 aromatic heterocycles. The molecule has 1 aromatic rings. The second-order valence-electron chi connectivity index (χ2n) is 4.16. The Balaban J connectivity index is 2.85. The molecule has 0 bridgehead atoms. The van der Waals surface area contributed by atoms with Crippen molar-refractivity contribution in [3.8, 4) is 0 Å². The van der Waals surface area contributed by atoms with Crippen molar-refractivity contribution < 1.29 is 4.79 Å². The van der Waals surface area contributed by atoms with Gasteiger partial charge in [-0.3, -0.25) is 4.79 Å². The molecule has 0 aliphatic rings. The number of hydrogen-bond donors (Lipinski definition) is 1. The van der Waals surface area contributed by atoms with Crippen molar-refractivity contribution in [1.29, 1.82) is 0 Å². The zero-order valence-electron chi connectivity index (χ0n) is 10.9. The Bertz CT molecular complexity index is 370. The maximum atomic E-state index is 12.2. The van der Waals surface area contributed by atoms with Gasteiger partial charge in [-0.05, 0) is 32.4 Å². The molecule has 0 spiro atoms. The fourth-order valence-electron chi connectivity index (χ4n) is 1.75. The molecule has 4 heteroatoms. The van der Waals surface area contributed by atoms with E-state index in [1.807, 2.05) is 18.7 Å². The van der Waals surface area contributed by atoms with Gasteiger partial charge in [-0.25, -0.2) is 4.98 Å². The van der Waals surface area contributed by atoms with Gasteiger partial charge in [0.15, 0.2) is 0 Å². The highest BCUT2D eigenvalue weighted by Crippen LogP contribution is 2.10. The van der Waals surface area contributed by atoms with Crippen LogP contribution in [0, 0.1) is 6.92 Å². The van der Waals surface area contributed by atoms with Gasteiger partial charge in [-0.1, -0.05) is 13.3 Å². The zero-order chi connectivity index (χ0) is 12.8. The fraction of sp³-hybridized carbons (Fsp3) is 0.538. The maximum absolute atomic E-state index is 12.2. The van der Waals surface area contributed by atoms with E-state index in [2.05, 4.69) is 11.9 Å². The van der Waals surface area contributed by atoms with Crippen molar-refractivity contribution in [3.63, 3.8) is 0 Å². The monoisotopic (exact) mass is 235 g/mol. The third-order valence-electron chi connectivity index (χ3n) is 2.67. The van der Waals surface area contributed by atoms with Crippen molar-refractivity contribution in [2.45, 2.75) is 33.6 Å². The number of nitrogens with zero attached hydrogens (tertiary/aromatic N) is 2. The molecule has 17 heavy (non-hydrogen) atoms. The van der Waals surface area contributed by atoms with Crippen LogP contribution in [0.2, 0.25) is 0 Å². The number of pyridine rings is 1. The van der Waals surface area contributed by atoms with Gasteiger partial charge in [0.05, 0.1) is 0 Å². The van der Waals surface area contributed by atoms with Gasteiger partial charge in [0, 0.05) is 24.3 Å². The molecular formula is C13H21N3O. The summed E-state index contributed by atoms with van der Waals surface area (Å²) >= 11 is 0. The Labute approximate surface area is 103 Å². The van der Waals surface area contributed by atoms with Gasteiger partial charge in [-0.15, -0.1) is 0 Å². The molecule has 0 fully saturated rings. The molecule has 0 aromatic carbocycles.